The van der Waals surface area contributed by atoms with Crippen molar-refractivity contribution < 1.29 is 14.3 Å². The first kappa shape index (κ1) is 10.6. The maximum atomic E-state index is 11.4. The maximum Gasteiger partial charge on any atom is 0.411 e. The van der Waals surface area contributed by atoms with Crippen molar-refractivity contribution in [3.63, 3.8) is 0 Å². The summed E-state index contributed by atoms with van der Waals surface area (Å²) in [7, 11) is 0. The van der Waals surface area contributed by atoms with Gasteiger partial charge in [0, 0.05) is 0 Å². The van der Waals surface area contributed by atoms with Crippen molar-refractivity contribution in [2.75, 3.05) is 19.3 Å². The van der Waals surface area contributed by atoms with Gasteiger partial charge in [-0.05, 0) is 13.8 Å². The summed E-state index contributed by atoms with van der Waals surface area (Å²) in [6.07, 6.45) is -0.363. The summed E-state index contributed by atoms with van der Waals surface area (Å²) >= 11 is 5.31. The lowest BCUT2D eigenvalue weighted by Gasteiger charge is -2.37. The number of hydrogen-bond acceptors (Lipinski definition) is 3. The molecule has 0 N–H and O–H groups in total. The Kier molecular flexibility index (Phi) is 3.81. The van der Waals surface area contributed by atoms with Crippen LogP contribution in [-0.2, 0) is 9.47 Å². The molecule has 1 fully saturated rings. The highest BCUT2D eigenvalue weighted by atomic mass is 35.5. The normalized spacial score (nSPS) is 28.7. The lowest BCUT2D eigenvalue weighted by Crippen LogP contribution is -2.52. The second-order valence-electron chi connectivity index (χ2n) is 3.16. The van der Waals surface area contributed by atoms with E-state index in [-0.39, 0.29) is 24.2 Å². The van der Waals surface area contributed by atoms with E-state index in [1.165, 1.54) is 0 Å². The average Bonchev–Trinajstić information content (AvgIpc) is 2.04. The van der Waals surface area contributed by atoms with Crippen molar-refractivity contribution in [1.82, 2.24) is 4.90 Å². The van der Waals surface area contributed by atoms with Gasteiger partial charge in [-0.3, -0.25) is 4.90 Å². The highest BCUT2D eigenvalue weighted by molar-refractivity contribution is 6.17. The Morgan fingerprint density at radius 3 is 2.54 bits per heavy atom. The molecule has 5 heteroatoms. The van der Waals surface area contributed by atoms with Crippen molar-refractivity contribution in [2.24, 2.45) is 0 Å². The number of carbonyl (C=O) groups excluding carboxylic acids is 1. The van der Waals surface area contributed by atoms with E-state index in [4.69, 9.17) is 21.1 Å². The quantitative estimate of drug-likeness (QED) is 0.611. The van der Waals surface area contributed by atoms with Gasteiger partial charge in [0.1, 0.15) is 0 Å². The fourth-order valence-corrected chi connectivity index (χ4v) is 1.58. The highest BCUT2D eigenvalue weighted by Gasteiger charge is 2.30. The molecule has 1 aliphatic rings. The number of rotatable bonds is 1. The van der Waals surface area contributed by atoms with Gasteiger partial charge in [0.05, 0.1) is 25.3 Å². The first-order valence-corrected chi connectivity index (χ1v) is 4.79. The largest absolute Gasteiger partial charge is 0.433 e. The number of halogens is 1. The third-order valence-electron chi connectivity index (χ3n) is 2.06. The standard InChI is InChI=1S/C8H14ClNO3/c1-6-3-12-4-7(2)10(6)8(11)13-5-9/h6-7H,3-5H2,1-2H3/t6-,7+. The molecule has 0 radical (unpaired) electrons. The summed E-state index contributed by atoms with van der Waals surface area (Å²) in [5.41, 5.74) is 0. The van der Waals surface area contributed by atoms with E-state index in [0.29, 0.717) is 13.2 Å². The SMILES string of the molecule is C[C@@H]1COC[C@H](C)N1C(=O)OCCl. The maximum absolute atomic E-state index is 11.4. The molecule has 1 amide bonds. The second kappa shape index (κ2) is 4.67. The molecular formula is C8H14ClNO3. The van der Waals surface area contributed by atoms with Crippen molar-refractivity contribution >= 4 is 17.7 Å². The van der Waals surface area contributed by atoms with E-state index in [1.54, 1.807) is 4.90 Å². The molecule has 0 aromatic carbocycles. The summed E-state index contributed by atoms with van der Waals surface area (Å²) in [5, 5.41) is 0. The lowest BCUT2D eigenvalue weighted by molar-refractivity contribution is -0.0306. The third-order valence-corrected chi connectivity index (χ3v) is 2.17. The van der Waals surface area contributed by atoms with Crippen LogP contribution in [0.3, 0.4) is 0 Å². The molecule has 0 bridgehead atoms. The molecule has 0 aromatic rings. The fourth-order valence-electron chi connectivity index (χ4n) is 1.49. The summed E-state index contributed by atoms with van der Waals surface area (Å²) in [5.74, 6) is 0. The van der Waals surface area contributed by atoms with E-state index in [0.717, 1.165) is 0 Å². The summed E-state index contributed by atoms with van der Waals surface area (Å²) in [4.78, 5) is 13.0. The zero-order valence-corrected chi connectivity index (χ0v) is 8.58. The molecule has 1 aliphatic heterocycles. The average molecular weight is 208 g/mol. The lowest BCUT2D eigenvalue weighted by atomic mass is 10.2. The van der Waals surface area contributed by atoms with Gasteiger partial charge in [-0.25, -0.2) is 4.79 Å². The Hall–Kier alpha value is -0.480. The Morgan fingerprint density at radius 1 is 1.54 bits per heavy atom. The van der Waals surface area contributed by atoms with E-state index >= 15 is 0 Å². The topological polar surface area (TPSA) is 38.8 Å². The van der Waals surface area contributed by atoms with E-state index < -0.39 is 0 Å². The molecule has 2 atom stereocenters. The number of morpholine rings is 1. The molecule has 0 aliphatic carbocycles. The van der Waals surface area contributed by atoms with Crippen molar-refractivity contribution in [3.8, 4) is 0 Å². The summed E-state index contributed by atoms with van der Waals surface area (Å²) in [6.45, 7) is 4.96. The zero-order valence-electron chi connectivity index (χ0n) is 7.83. The van der Waals surface area contributed by atoms with Crippen LogP contribution in [0.2, 0.25) is 0 Å². The van der Waals surface area contributed by atoms with Gasteiger partial charge >= 0.3 is 6.09 Å². The summed E-state index contributed by atoms with van der Waals surface area (Å²) < 4.78 is 9.99. The number of carbonyl (C=O) groups is 1. The van der Waals surface area contributed by atoms with E-state index in [1.807, 2.05) is 13.8 Å². The molecular weight excluding hydrogens is 194 g/mol. The number of amides is 1. The molecule has 0 unspecified atom stereocenters. The van der Waals surface area contributed by atoms with E-state index in [9.17, 15) is 4.79 Å². The minimum Gasteiger partial charge on any atom is -0.433 e. The number of alkyl halides is 1. The third kappa shape index (κ3) is 2.48. The minimum atomic E-state index is -0.363. The van der Waals surface area contributed by atoms with Gasteiger partial charge in [-0.2, -0.15) is 0 Å². The monoisotopic (exact) mass is 207 g/mol. The molecule has 1 heterocycles. The number of ether oxygens (including phenoxy) is 2. The number of nitrogens with zero attached hydrogens (tertiary/aromatic N) is 1. The Bertz CT molecular complexity index is 178. The summed E-state index contributed by atoms with van der Waals surface area (Å²) in [6, 6.07) is 0.00857. The first-order chi connectivity index (χ1) is 6.16. The van der Waals surface area contributed by atoms with Crippen LogP contribution in [-0.4, -0.2) is 42.4 Å². The molecule has 0 aromatic heterocycles. The molecule has 4 nitrogen and oxygen atoms in total. The van der Waals surface area contributed by atoms with Gasteiger partial charge in [0.15, 0.2) is 6.07 Å². The van der Waals surface area contributed by atoms with Crippen LogP contribution in [0.1, 0.15) is 13.8 Å². The van der Waals surface area contributed by atoms with Crippen LogP contribution in [0.4, 0.5) is 4.79 Å². The second-order valence-corrected chi connectivity index (χ2v) is 3.38. The molecule has 1 rings (SSSR count). The van der Waals surface area contributed by atoms with Crippen molar-refractivity contribution in [1.29, 1.82) is 0 Å². The van der Waals surface area contributed by atoms with Gasteiger partial charge < -0.3 is 9.47 Å². The minimum absolute atomic E-state index is 0.0551. The van der Waals surface area contributed by atoms with Crippen LogP contribution in [0.25, 0.3) is 0 Å². The zero-order chi connectivity index (χ0) is 9.84. The van der Waals surface area contributed by atoms with Crippen LogP contribution in [0.15, 0.2) is 0 Å². The first-order valence-electron chi connectivity index (χ1n) is 4.25. The van der Waals surface area contributed by atoms with Gasteiger partial charge in [-0.15, -0.1) is 0 Å². The molecule has 76 valence electrons. The Labute approximate surface area is 82.7 Å². The van der Waals surface area contributed by atoms with Crippen LogP contribution in [0, 0.1) is 0 Å². The predicted octanol–water partition coefficient (Wildman–Crippen LogP) is 1.43. The molecule has 13 heavy (non-hydrogen) atoms. The molecule has 0 spiro atoms. The van der Waals surface area contributed by atoms with Crippen LogP contribution < -0.4 is 0 Å². The van der Waals surface area contributed by atoms with Crippen molar-refractivity contribution in [2.45, 2.75) is 25.9 Å². The Morgan fingerprint density at radius 2 is 2.08 bits per heavy atom. The van der Waals surface area contributed by atoms with Crippen LogP contribution in [0.5, 0.6) is 0 Å². The highest BCUT2D eigenvalue weighted by Crippen LogP contribution is 2.14. The predicted molar refractivity (Wildman–Crippen MR) is 48.8 cm³/mol. The smallest absolute Gasteiger partial charge is 0.411 e. The fraction of sp³-hybridized carbons (Fsp3) is 0.875. The van der Waals surface area contributed by atoms with Crippen LogP contribution >= 0.6 is 11.6 Å². The van der Waals surface area contributed by atoms with Gasteiger partial charge in [0.2, 0.25) is 0 Å². The van der Waals surface area contributed by atoms with Crippen molar-refractivity contribution in [3.05, 3.63) is 0 Å². The van der Waals surface area contributed by atoms with E-state index in [2.05, 4.69) is 0 Å². The Balaban J connectivity index is 2.57. The van der Waals surface area contributed by atoms with Gasteiger partial charge in [0.25, 0.3) is 0 Å². The number of hydrogen-bond donors (Lipinski definition) is 0. The van der Waals surface area contributed by atoms with Gasteiger partial charge in [-0.1, -0.05) is 11.6 Å². The molecule has 1 saturated heterocycles. The molecule has 0 saturated carbocycles.